The van der Waals surface area contributed by atoms with Crippen LogP contribution in [-0.4, -0.2) is 16.9 Å². The van der Waals surface area contributed by atoms with Gasteiger partial charge in [-0.2, -0.15) is 13.2 Å². The molecule has 2 amide bonds. The highest BCUT2D eigenvalue weighted by Gasteiger charge is 2.30. The first-order chi connectivity index (χ1) is 16.0. The van der Waals surface area contributed by atoms with Gasteiger partial charge in [0.15, 0.2) is 5.11 Å². The molecule has 3 aromatic rings. The third kappa shape index (κ3) is 6.64. The average molecular weight is 486 g/mol. The Kier molecular flexibility index (Phi) is 7.68. The van der Waals surface area contributed by atoms with Crippen LogP contribution in [0.4, 0.5) is 24.5 Å². The summed E-state index contributed by atoms with van der Waals surface area (Å²) in [5.74, 6) is -0.563. The smallest absolute Gasteiger partial charge is 0.332 e. The number of rotatable bonds is 5. The predicted octanol–water partition coefficient (Wildman–Crippen LogP) is 6.21. The topological polar surface area (TPSA) is 70.2 Å². The van der Waals surface area contributed by atoms with E-state index >= 15 is 0 Å². The number of carbonyl (C=O) groups is 2. The van der Waals surface area contributed by atoms with Crippen LogP contribution in [0, 0.1) is 0 Å². The monoisotopic (exact) mass is 485 g/mol. The summed E-state index contributed by atoms with van der Waals surface area (Å²) < 4.78 is 38.5. The van der Waals surface area contributed by atoms with Crippen LogP contribution in [0.5, 0.6) is 0 Å². The van der Waals surface area contributed by atoms with Crippen molar-refractivity contribution < 1.29 is 22.8 Å². The van der Waals surface area contributed by atoms with Crippen LogP contribution in [0.25, 0.3) is 0 Å². The van der Waals surface area contributed by atoms with E-state index in [1.807, 2.05) is 12.1 Å². The molecule has 0 aliphatic carbocycles. The van der Waals surface area contributed by atoms with Crippen molar-refractivity contribution >= 4 is 40.5 Å². The first-order valence-corrected chi connectivity index (χ1v) is 10.7. The third-order valence-corrected chi connectivity index (χ3v) is 5.12. The van der Waals surface area contributed by atoms with Crippen molar-refractivity contribution in [1.29, 1.82) is 0 Å². The second-order valence-electron chi connectivity index (χ2n) is 7.79. The lowest BCUT2D eigenvalue weighted by molar-refractivity contribution is -0.137. The summed E-state index contributed by atoms with van der Waals surface area (Å²) in [4.78, 5) is 24.7. The highest BCUT2D eigenvalue weighted by Crippen LogP contribution is 2.30. The second-order valence-corrected chi connectivity index (χ2v) is 8.20. The fraction of sp³-hybridized carbons (Fsp3) is 0.160. The third-order valence-electron chi connectivity index (χ3n) is 4.92. The van der Waals surface area contributed by atoms with Crippen LogP contribution in [0.15, 0.2) is 72.8 Å². The maximum Gasteiger partial charge on any atom is 0.416 e. The van der Waals surface area contributed by atoms with Crippen LogP contribution >= 0.6 is 12.2 Å². The molecule has 176 valence electrons. The molecule has 5 nitrogen and oxygen atoms in total. The molecule has 0 heterocycles. The maximum absolute atomic E-state index is 12.8. The Labute approximate surface area is 200 Å². The molecule has 3 N–H and O–H groups in total. The first kappa shape index (κ1) is 24.9. The van der Waals surface area contributed by atoms with Crippen molar-refractivity contribution in [1.82, 2.24) is 5.32 Å². The van der Waals surface area contributed by atoms with Crippen LogP contribution < -0.4 is 16.0 Å². The summed E-state index contributed by atoms with van der Waals surface area (Å²) in [5.41, 5.74) is 1.53. The van der Waals surface area contributed by atoms with Gasteiger partial charge in [0.25, 0.3) is 11.8 Å². The molecule has 0 aromatic heterocycles. The highest BCUT2D eigenvalue weighted by atomic mass is 32.1. The molecule has 0 radical (unpaired) electrons. The Morgan fingerprint density at radius 2 is 1.38 bits per heavy atom. The molecule has 0 saturated heterocycles. The summed E-state index contributed by atoms with van der Waals surface area (Å²) in [6.45, 7) is 4.13. The fourth-order valence-corrected chi connectivity index (χ4v) is 3.25. The van der Waals surface area contributed by atoms with Crippen LogP contribution in [0.1, 0.15) is 51.6 Å². The van der Waals surface area contributed by atoms with Gasteiger partial charge in [-0.3, -0.25) is 14.9 Å². The minimum atomic E-state index is -4.50. The number of nitrogens with one attached hydrogen (secondary N) is 3. The normalized spacial score (nSPS) is 11.1. The average Bonchev–Trinajstić information content (AvgIpc) is 2.79. The molecule has 0 fully saturated rings. The summed E-state index contributed by atoms with van der Waals surface area (Å²) in [7, 11) is 0. The first-order valence-electron chi connectivity index (χ1n) is 10.3. The quantitative estimate of drug-likeness (QED) is 0.376. The Balaban J connectivity index is 1.57. The fourth-order valence-electron chi connectivity index (χ4n) is 3.04. The Hall–Kier alpha value is -3.72. The standard InChI is InChI=1S/C25H22F3N3O2S/c1-15(2)16-6-8-17(9-7-16)23(33)31-24(34)30-20-12-10-18(11-13-20)22(32)29-21-5-3-4-19(14-21)25(26,27)28/h3-15H,1-2H3,(H,29,32)(H2,30,31,33,34). The molecule has 0 atom stereocenters. The van der Waals surface area contributed by atoms with Gasteiger partial charge in [-0.25, -0.2) is 0 Å². The Bertz CT molecular complexity index is 1190. The van der Waals surface area contributed by atoms with Crippen molar-refractivity contribution in [3.8, 4) is 0 Å². The summed E-state index contributed by atoms with van der Waals surface area (Å²) in [5, 5.41) is 7.97. The number of anilines is 2. The van der Waals surface area contributed by atoms with Gasteiger partial charge in [-0.15, -0.1) is 0 Å². The van der Waals surface area contributed by atoms with Crippen LogP contribution in [0.2, 0.25) is 0 Å². The number of amides is 2. The van der Waals surface area contributed by atoms with Gasteiger partial charge < -0.3 is 10.6 Å². The summed E-state index contributed by atoms with van der Waals surface area (Å²) >= 11 is 5.18. The zero-order valence-corrected chi connectivity index (χ0v) is 19.2. The van der Waals surface area contributed by atoms with Crippen molar-refractivity contribution in [2.75, 3.05) is 10.6 Å². The van der Waals surface area contributed by atoms with E-state index in [9.17, 15) is 22.8 Å². The van der Waals surface area contributed by atoms with E-state index in [1.54, 1.807) is 24.3 Å². The number of thiocarbonyl (C=S) groups is 1. The second kappa shape index (κ2) is 10.5. The lowest BCUT2D eigenvalue weighted by Crippen LogP contribution is -2.34. The zero-order valence-electron chi connectivity index (χ0n) is 18.4. The van der Waals surface area contributed by atoms with Gasteiger partial charge in [-0.05, 0) is 78.3 Å². The Morgan fingerprint density at radius 3 is 1.97 bits per heavy atom. The summed E-state index contributed by atoms with van der Waals surface area (Å²) in [6.07, 6.45) is -4.50. The van der Waals surface area contributed by atoms with Crippen molar-refractivity contribution in [3.05, 3.63) is 95.1 Å². The zero-order chi connectivity index (χ0) is 24.9. The molecule has 0 saturated carbocycles. The van der Waals surface area contributed by atoms with E-state index < -0.39 is 17.6 Å². The molecule has 34 heavy (non-hydrogen) atoms. The molecule has 0 unspecified atom stereocenters. The molecule has 3 aromatic carbocycles. The van der Waals surface area contributed by atoms with Crippen LogP contribution in [-0.2, 0) is 6.18 Å². The summed E-state index contributed by atoms with van der Waals surface area (Å²) in [6, 6.07) is 17.7. The van der Waals surface area contributed by atoms with E-state index in [2.05, 4.69) is 29.8 Å². The molecule has 3 rings (SSSR count). The van der Waals surface area contributed by atoms with Crippen molar-refractivity contribution in [2.45, 2.75) is 25.9 Å². The van der Waals surface area contributed by atoms with Crippen molar-refractivity contribution in [3.63, 3.8) is 0 Å². The van der Waals surface area contributed by atoms with Gasteiger partial charge in [0.05, 0.1) is 5.56 Å². The van der Waals surface area contributed by atoms with Crippen molar-refractivity contribution in [2.24, 2.45) is 0 Å². The molecule has 0 aliphatic heterocycles. The number of hydrogen-bond acceptors (Lipinski definition) is 3. The van der Waals surface area contributed by atoms with Crippen LogP contribution in [0.3, 0.4) is 0 Å². The molecule has 0 aliphatic rings. The molecular formula is C25H22F3N3O2S. The van der Waals surface area contributed by atoms with Gasteiger partial charge >= 0.3 is 6.18 Å². The number of halogens is 3. The predicted molar refractivity (Wildman–Crippen MR) is 130 cm³/mol. The van der Waals surface area contributed by atoms with Gasteiger partial charge in [0.2, 0.25) is 0 Å². The SMILES string of the molecule is CC(C)c1ccc(C(=O)NC(=S)Nc2ccc(C(=O)Nc3cccc(C(F)(F)F)c3)cc2)cc1. The Morgan fingerprint density at radius 1 is 0.794 bits per heavy atom. The largest absolute Gasteiger partial charge is 0.416 e. The number of carbonyl (C=O) groups excluding carboxylic acids is 2. The number of hydrogen-bond donors (Lipinski definition) is 3. The van der Waals surface area contributed by atoms with E-state index in [-0.39, 0.29) is 22.3 Å². The molecule has 9 heteroatoms. The van der Waals surface area contributed by atoms with E-state index in [4.69, 9.17) is 12.2 Å². The molecular weight excluding hydrogens is 463 g/mol. The molecule has 0 spiro atoms. The number of benzene rings is 3. The maximum atomic E-state index is 12.8. The van der Waals surface area contributed by atoms with Gasteiger partial charge in [-0.1, -0.05) is 32.0 Å². The van der Waals surface area contributed by atoms with E-state index in [1.165, 1.54) is 24.3 Å². The van der Waals surface area contributed by atoms with Gasteiger partial charge in [0.1, 0.15) is 0 Å². The minimum absolute atomic E-state index is 0.0346. The van der Waals surface area contributed by atoms with E-state index in [0.29, 0.717) is 17.2 Å². The van der Waals surface area contributed by atoms with Gasteiger partial charge in [0, 0.05) is 22.5 Å². The minimum Gasteiger partial charge on any atom is -0.332 e. The number of alkyl halides is 3. The van der Waals surface area contributed by atoms with E-state index in [0.717, 1.165) is 17.7 Å². The molecule has 0 bridgehead atoms. The lowest BCUT2D eigenvalue weighted by Gasteiger charge is -2.12. The highest BCUT2D eigenvalue weighted by molar-refractivity contribution is 7.80. The lowest BCUT2D eigenvalue weighted by atomic mass is 10.0.